The Morgan fingerprint density at radius 1 is 1.43 bits per heavy atom. The van der Waals surface area contributed by atoms with Gasteiger partial charge in [-0.25, -0.2) is 4.98 Å². The number of para-hydroxylation sites is 1. The molecule has 1 aromatic heterocycles. The molecule has 1 unspecified atom stereocenters. The Morgan fingerprint density at radius 3 is 2.90 bits per heavy atom. The highest BCUT2D eigenvalue weighted by Gasteiger charge is 2.11. The van der Waals surface area contributed by atoms with Gasteiger partial charge in [0.25, 0.3) is 0 Å². The van der Waals surface area contributed by atoms with Crippen LogP contribution in [0.2, 0.25) is 0 Å². The highest BCUT2D eigenvalue weighted by atomic mass is 79.9. The van der Waals surface area contributed by atoms with Crippen molar-refractivity contribution in [2.75, 3.05) is 6.61 Å². The summed E-state index contributed by atoms with van der Waals surface area (Å²) in [4.78, 5) is 5.55. The molecule has 114 valence electrons. The van der Waals surface area contributed by atoms with Crippen LogP contribution in [0.1, 0.15) is 29.5 Å². The number of thiazole rings is 1. The maximum Gasteiger partial charge on any atom is 0.136 e. The van der Waals surface area contributed by atoms with Gasteiger partial charge in [-0.15, -0.1) is 11.3 Å². The van der Waals surface area contributed by atoms with Crippen molar-refractivity contribution in [3.63, 3.8) is 0 Å². The van der Waals surface area contributed by atoms with Crippen LogP contribution in [0.25, 0.3) is 0 Å². The lowest BCUT2D eigenvalue weighted by atomic mass is 10.0. The van der Waals surface area contributed by atoms with Crippen molar-refractivity contribution >= 4 is 27.3 Å². The van der Waals surface area contributed by atoms with Gasteiger partial charge >= 0.3 is 0 Å². The number of rotatable bonds is 7. The molecule has 1 atom stereocenters. The summed E-state index contributed by atoms with van der Waals surface area (Å²) in [7, 11) is 0. The molecule has 0 spiro atoms. The number of aryl methyl sites for hydroxylation is 1. The average molecular weight is 369 g/mol. The van der Waals surface area contributed by atoms with Gasteiger partial charge in [-0.05, 0) is 47.3 Å². The summed E-state index contributed by atoms with van der Waals surface area (Å²) < 4.78 is 7.01. The largest absolute Gasteiger partial charge is 0.492 e. The number of aromatic nitrogens is 1. The molecule has 2 aromatic rings. The minimum absolute atomic E-state index is 0.172. The minimum atomic E-state index is 0.172. The van der Waals surface area contributed by atoms with Crippen molar-refractivity contribution in [1.29, 1.82) is 0 Å². The predicted molar refractivity (Wildman–Crippen MR) is 92.2 cm³/mol. The van der Waals surface area contributed by atoms with Gasteiger partial charge in [0.05, 0.1) is 22.3 Å². The fourth-order valence-electron chi connectivity index (χ4n) is 2.11. The van der Waals surface area contributed by atoms with E-state index in [2.05, 4.69) is 33.9 Å². The summed E-state index contributed by atoms with van der Waals surface area (Å²) in [6, 6.07) is 6.30. The van der Waals surface area contributed by atoms with Crippen molar-refractivity contribution in [2.24, 2.45) is 5.73 Å². The zero-order chi connectivity index (χ0) is 15.2. The molecule has 1 aromatic carbocycles. The monoisotopic (exact) mass is 368 g/mol. The Bertz CT molecular complexity index is 585. The molecule has 0 radical (unpaired) electrons. The number of halogens is 1. The SMILES string of the molecule is CCC(N)Cc1cccc(Br)c1OCCc1scnc1C. The van der Waals surface area contributed by atoms with Gasteiger partial charge in [0.2, 0.25) is 0 Å². The van der Waals surface area contributed by atoms with Crippen molar-refractivity contribution in [2.45, 2.75) is 39.2 Å². The maximum atomic E-state index is 6.07. The lowest BCUT2D eigenvalue weighted by Crippen LogP contribution is -2.22. The van der Waals surface area contributed by atoms with Crippen LogP contribution in [0.15, 0.2) is 28.2 Å². The summed E-state index contributed by atoms with van der Waals surface area (Å²) >= 11 is 5.26. The van der Waals surface area contributed by atoms with E-state index in [1.807, 2.05) is 24.6 Å². The minimum Gasteiger partial charge on any atom is -0.492 e. The molecule has 0 fully saturated rings. The topological polar surface area (TPSA) is 48.1 Å². The van der Waals surface area contributed by atoms with Gasteiger partial charge in [-0.2, -0.15) is 0 Å². The zero-order valence-electron chi connectivity index (χ0n) is 12.4. The summed E-state index contributed by atoms with van der Waals surface area (Å²) in [6.45, 7) is 4.80. The number of nitrogens with zero attached hydrogens (tertiary/aromatic N) is 1. The number of benzene rings is 1. The normalized spacial score (nSPS) is 12.4. The first-order chi connectivity index (χ1) is 10.1. The lowest BCUT2D eigenvalue weighted by molar-refractivity contribution is 0.316. The fraction of sp³-hybridized carbons (Fsp3) is 0.438. The van der Waals surface area contributed by atoms with E-state index in [9.17, 15) is 0 Å². The van der Waals surface area contributed by atoms with Crippen LogP contribution in [0.4, 0.5) is 0 Å². The van der Waals surface area contributed by atoms with Gasteiger partial charge in [0, 0.05) is 17.3 Å². The number of hydrogen-bond donors (Lipinski definition) is 1. The molecule has 0 aliphatic rings. The van der Waals surface area contributed by atoms with Gasteiger partial charge in [-0.3, -0.25) is 0 Å². The second-order valence-electron chi connectivity index (χ2n) is 5.06. The maximum absolute atomic E-state index is 6.07. The number of nitrogens with two attached hydrogens (primary N) is 1. The quantitative estimate of drug-likeness (QED) is 0.799. The van der Waals surface area contributed by atoms with E-state index in [-0.39, 0.29) is 6.04 Å². The van der Waals surface area contributed by atoms with Crippen LogP contribution in [0.3, 0.4) is 0 Å². The van der Waals surface area contributed by atoms with Gasteiger partial charge in [0.15, 0.2) is 0 Å². The van der Waals surface area contributed by atoms with Crippen LogP contribution in [-0.2, 0) is 12.8 Å². The molecule has 3 nitrogen and oxygen atoms in total. The number of hydrogen-bond acceptors (Lipinski definition) is 4. The van der Waals surface area contributed by atoms with Crippen molar-refractivity contribution in [3.8, 4) is 5.75 Å². The third-order valence-electron chi connectivity index (χ3n) is 3.48. The van der Waals surface area contributed by atoms with E-state index in [1.54, 1.807) is 11.3 Å². The molecule has 2 N–H and O–H groups in total. The third-order valence-corrected chi connectivity index (χ3v) is 5.09. The first kappa shape index (κ1) is 16.5. The molecule has 0 saturated carbocycles. The summed E-state index contributed by atoms with van der Waals surface area (Å²) in [6.07, 6.45) is 2.69. The van der Waals surface area contributed by atoms with Crippen molar-refractivity contribution in [1.82, 2.24) is 4.98 Å². The van der Waals surface area contributed by atoms with Crippen LogP contribution < -0.4 is 10.5 Å². The first-order valence-electron chi connectivity index (χ1n) is 7.16. The molecule has 2 rings (SSSR count). The Kier molecular flexibility index (Phi) is 6.21. The molecular weight excluding hydrogens is 348 g/mol. The van der Waals surface area contributed by atoms with Crippen molar-refractivity contribution in [3.05, 3.63) is 44.3 Å². The third kappa shape index (κ3) is 4.53. The van der Waals surface area contributed by atoms with E-state index in [0.29, 0.717) is 6.61 Å². The summed E-state index contributed by atoms with van der Waals surface area (Å²) in [5, 5.41) is 0. The Labute approximate surface area is 138 Å². The summed E-state index contributed by atoms with van der Waals surface area (Å²) in [5.74, 6) is 0.920. The second-order valence-corrected chi connectivity index (χ2v) is 6.85. The van der Waals surface area contributed by atoms with Crippen LogP contribution >= 0.6 is 27.3 Å². The lowest BCUT2D eigenvalue weighted by Gasteiger charge is -2.15. The van der Waals surface area contributed by atoms with Gasteiger partial charge < -0.3 is 10.5 Å². The fourth-order valence-corrected chi connectivity index (χ4v) is 3.40. The second kappa shape index (κ2) is 7.92. The molecule has 0 aliphatic heterocycles. The predicted octanol–water partition coefficient (Wildman–Crippen LogP) is 4.12. The van der Waals surface area contributed by atoms with Crippen LogP contribution in [-0.4, -0.2) is 17.6 Å². The van der Waals surface area contributed by atoms with Gasteiger partial charge in [-0.1, -0.05) is 19.1 Å². The smallest absolute Gasteiger partial charge is 0.136 e. The Hall–Kier alpha value is -0.910. The first-order valence-corrected chi connectivity index (χ1v) is 8.83. The van der Waals surface area contributed by atoms with E-state index < -0.39 is 0 Å². The van der Waals surface area contributed by atoms with E-state index in [1.165, 1.54) is 10.4 Å². The molecule has 0 saturated heterocycles. The number of ether oxygens (including phenoxy) is 1. The zero-order valence-corrected chi connectivity index (χ0v) is 14.8. The average Bonchev–Trinajstić information content (AvgIpc) is 2.87. The van der Waals surface area contributed by atoms with Crippen molar-refractivity contribution < 1.29 is 4.74 Å². The molecule has 1 heterocycles. The molecule has 0 amide bonds. The molecular formula is C16H21BrN2OS. The highest BCUT2D eigenvalue weighted by Crippen LogP contribution is 2.30. The molecule has 0 aliphatic carbocycles. The molecule has 5 heteroatoms. The van der Waals surface area contributed by atoms with E-state index >= 15 is 0 Å². The Morgan fingerprint density at radius 2 is 2.24 bits per heavy atom. The van der Waals surface area contributed by atoms with Crippen LogP contribution in [0.5, 0.6) is 5.75 Å². The van der Waals surface area contributed by atoms with Crippen LogP contribution in [0, 0.1) is 6.92 Å². The molecule has 21 heavy (non-hydrogen) atoms. The van der Waals surface area contributed by atoms with Gasteiger partial charge in [0.1, 0.15) is 5.75 Å². The van der Waals surface area contributed by atoms with E-state index in [0.717, 1.165) is 35.2 Å². The summed E-state index contributed by atoms with van der Waals surface area (Å²) in [5.41, 5.74) is 10.2. The Balaban J connectivity index is 2.03. The van der Waals surface area contributed by atoms with E-state index in [4.69, 9.17) is 10.5 Å². The highest BCUT2D eigenvalue weighted by molar-refractivity contribution is 9.10. The molecule has 0 bridgehead atoms. The standard InChI is InChI=1S/C16H21BrN2OS/c1-3-13(18)9-12-5-4-6-14(17)16(12)20-8-7-15-11(2)19-10-21-15/h4-6,10,13H,3,7-9,18H2,1-2H3.